The first kappa shape index (κ1) is 16.0. The Bertz CT molecular complexity index is 882. The molecule has 118 valence electrons. The molecule has 0 spiro atoms. The number of aromatic nitrogens is 2. The van der Waals surface area contributed by atoms with Crippen LogP contribution in [-0.2, 0) is 4.79 Å². The Kier molecular flexibility index (Phi) is 4.66. The van der Waals surface area contributed by atoms with Gasteiger partial charge in [0.2, 0.25) is 5.91 Å². The molecule has 3 aromatic rings. The fraction of sp³-hybridized carbons (Fsp3) is 0.0667. The summed E-state index contributed by atoms with van der Waals surface area (Å²) >= 11 is 13.0. The van der Waals surface area contributed by atoms with Crippen LogP contribution in [0.15, 0.2) is 41.6 Å². The maximum absolute atomic E-state index is 12.0. The van der Waals surface area contributed by atoms with Gasteiger partial charge in [0.15, 0.2) is 5.16 Å². The zero-order chi connectivity index (χ0) is 16.4. The second-order valence-electron chi connectivity index (χ2n) is 4.70. The number of phenols is 1. The highest BCUT2D eigenvalue weighted by Crippen LogP contribution is 2.27. The first-order chi connectivity index (χ1) is 11.0. The highest BCUT2D eigenvalue weighted by atomic mass is 35.5. The summed E-state index contributed by atoms with van der Waals surface area (Å²) in [6.07, 6.45) is 0. The van der Waals surface area contributed by atoms with Crippen molar-refractivity contribution < 1.29 is 9.90 Å². The molecule has 3 N–H and O–H groups in total. The standard InChI is InChI=1S/C15H11Cl2N3O2S/c16-8-1-3-10-11(5-8)20-15(19-10)23-7-14(22)18-12-6-9(17)2-4-13(12)21/h1-6,21H,7H2,(H,18,22)(H,19,20). The van der Waals surface area contributed by atoms with Crippen molar-refractivity contribution in [2.75, 3.05) is 11.1 Å². The van der Waals surface area contributed by atoms with E-state index >= 15 is 0 Å². The normalized spacial score (nSPS) is 10.9. The molecule has 5 nitrogen and oxygen atoms in total. The number of imidazole rings is 1. The molecule has 0 bridgehead atoms. The van der Waals surface area contributed by atoms with Gasteiger partial charge >= 0.3 is 0 Å². The SMILES string of the molecule is O=C(CSc1nc2ccc(Cl)cc2[nH]1)Nc1cc(Cl)ccc1O. The quantitative estimate of drug-likeness (QED) is 0.474. The number of nitrogens with zero attached hydrogens (tertiary/aromatic N) is 1. The van der Waals surface area contributed by atoms with Crippen LogP contribution in [0.1, 0.15) is 0 Å². The number of fused-ring (bicyclic) bond motifs is 1. The Balaban J connectivity index is 1.64. The number of rotatable bonds is 4. The minimum Gasteiger partial charge on any atom is -0.506 e. The van der Waals surface area contributed by atoms with E-state index < -0.39 is 0 Å². The van der Waals surface area contributed by atoms with E-state index in [0.29, 0.717) is 15.2 Å². The van der Waals surface area contributed by atoms with E-state index in [1.165, 1.54) is 23.9 Å². The van der Waals surface area contributed by atoms with E-state index in [-0.39, 0.29) is 23.1 Å². The van der Waals surface area contributed by atoms with Crippen LogP contribution in [0.4, 0.5) is 5.69 Å². The van der Waals surface area contributed by atoms with Gasteiger partial charge in [0, 0.05) is 10.0 Å². The summed E-state index contributed by atoms with van der Waals surface area (Å²) in [5.41, 5.74) is 1.87. The molecular weight excluding hydrogens is 357 g/mol. The molecule has 1 amide bonds. The molecule has 0 aliphatic rings. The van der Waals surface area contributed by atoms with Gasteiger partial charge in [-0.15, -0.1) is 0 Å². The van der Waals surface area contributed by atoms with Crippen LogP contribution < -0.4 is 5.32 Å². The molecule has 0 unspecified atom stereocenters. The monoisotopic (exact) mass is 367 g/mol. The van der Waals surface area contributed by atoms with Crippen molar-refractivity contribution >= 4 is 57.6 Å². The van der Waals surface area contributed by atoms with Crippen molar-refractivity contribution in [3.05, 3.63) is 46.4 Å². The summed E-state index contributed by atoms with van der Waals surface area (Å²) in [6.45, 7) is 0. The molecule has 23 heavy (non-hydrogen) atoms. The summed E-state index contributed by atoms with van der Waals surface area (Å²) in [5, 5.41) is 14.0. The first-order valence-corrected chi connectivity index (χ1v) is 8.32. The Hall–Kier alpha value is -1.89. The Labute approximate surface area is 146 Å². The van der Waals surface area contributed by atoms with Crippen molar-refractivity contribution in [2.24, 2.45) is 0 Å². The smallest absolute Gasteiger partial charge is 0.234 e. The minimum atomic E-state index is -0.272. The summed E-state index contributed by atoms with van der Waals surface area (Å²) in [6, 6.07) is 9.80. The Morgan fingerprint density at radius 1 is 1.22 bits per heavy atom. The number of amides is 1. The molecule has 8 heteroatoms. The largest absolute Gasteiger partial charge is 0.506 e. The number of carbonyl (C=O) groups is 1. The lowest BCUT2D eigenvalue weighted by molar-refractivity contribution is -0.113. The molecule has 1 aromatic heterocycles. The number of H-pyrrole nitrogens is 1. The zero-order valence-electron chi connectivity index (χ0n) is 11.6. The van der Waals surface area contributed by atoms with Crippen LogP contribution in [0.25, 0.3) is 11.0 Å². The number of aromatic amines is 1. The number of halogens is 2. The average molecular weight is 368 g/mol. The van der Waals surface area contributed by atoms with Crippen LogP contribution in [0, 0.1) is 0 Å². The highest BCUT2D eigenvalue weighted by Gasteiger charge is 2.10. The molecule has 0 saturated carbocycles. The fourth-order valence-electron chi connectivity index (χ4n) is 1.96. The van der Waals surface area contributed by atoms with Gasteiger partial charge in [-0.25, -0.2) is 4.98 Å². The third-order valence-electron chi connectivity index (χ3n) is 2.99. The lowest BCUT2D eigenvalue weighted by Crippen LogP contribution is -2.14. The number of phenolic OH excluding ortho intramolecular Hbond substituents is 1. The second-order valence-corrected chi connectivity index (χ2v) is 6.54. The number of hydrogen-bond acceptors (Lipinski definition) is 4. The first-order valence-electron chi connectivity index (χ1n) is 6.58. The molecule has 2 aromatic carbocycles. The maximum Gasteiger partial charge on any atom is 0.234 e. The number of thioether (sulfide) groups is 1. The number of carbonyl (C=O) groups excluding carboxylic acids is 1. The molecule has 0 aliphatic carbocycles. The number of anilines is 1. The van der Waals surface area contributed by atoms with Gasteiger partial charge in [-0.05, 0) is 36.4 Å². The second kappa shape index (κ2) is 6.70. The van der Waals surface area contributed by atoms with Gasteiger partial charge < -0.3 is 15.4 Å². The van der Waals surface area contributed by atoms with Gasteiger partial charge in [-0.1, -0.05) is 35.0 Å². The molecule has 0 fully saturated rings. The van der Waals surface area contributed by atoms with Crippen LogP contribution in [0.3, 0.4) is 0 Å². The van der Waals surface area contributed by atoms with Crippen LogP contribution in [0.5, 0.6) is 5.75 Å². The van der Waals surface area contributed by atoms with Crippen LogP contribution in [-0.4, -0.2) is 26.7 Å². The zero-order valence-corrected chi connectivity index (χ0v) is 14.0. The summed E-state index contributed by atoms with van der Waals surface area (Å²) < 4.78 is 0. The van der Waals surface area contributed by atoms with Crippen molar-refractivity contribution in [1.82, 2.24) is 9.97 Å². The molecule has 1 heterocycles. The van der Waals surface area contributed by atoms with E-state index in [1.54, 1.807) is 18.2 Å². The van der Waals surface area contributed by atoms with E-state index in [0.717, 1.165) is 11.0 Å². The fourth-order valence-corrected chi connectivity index (χ4v) is 2.98. The topological polar surface area (TPSA) is 78.0 Å². The summed E-state index contributed by atoms with van der Waals surface area (Å²) in [7, 11) is 0. The average Bonchev–Trinajstić information content (AvgIpc) is 2.91. The predicted molar refractivity (Wildman–Crippen MR) is 93.6 cm³/mol. The van der Waals surface area contributed by atoms with Gasteiger partial charge in [0.05, 0.1) is 22.5 Å². The van der Waals surface area contributed by atoms with Crippen molar-refractivity contribution in [3.63, 3.8) is 0 Å². The Morgan fingerprint density at radius 3 is 2.78 bits per heavy atom. The van der Waals surface area contributed by atoms with E-state index in [2.05, 4.69) is 15.3 Å². The molecule has 0 radical (unpaired) electrons. The van der Waals surface area contributed by atoms with Crippen molar-refractivity contribution in [1.29, 1.82) is 0 Å². The van der Waals surface area contributed by atoms with Crippen molar-refractivity contribution in [2.45, 2.75) is 5.16 Å². The third kappa shape index (κ3) is 3.90. The minimum absolute atomic E-state index is 0.0360. The lowest BCUT2D eigenvalue weighted by Gasteiger charge is -2.06. The molecule has 0 atom stereocenters. The van der Waals surface area contributed by atoms with E-state index in [1.807, 2.05) is 6.07 Å². The Morgan fingerprint density at radius 2 is 1.96 bits per heavy atom. The molecular formula is C15H11Cl2N3O2S. The molecule has 3 rings (SSSR count). The van der Waals surface area contributed by atoms with Crippen molar-refractivity contribution in [3.8, 4) is 5.75 Å². The van der Waals surface area contributed by atoms with Gasteiger partial charge in [0.1, 0.15) is 5.75 Å². The van der Waals surface area contributed by atoms with Gasteiger partial charge in [0.25, 0.3) is 0 Å². The molecule has 0 aliphatic heterocycles. The maximum atomic E-state index is 12.0. The predicted octanol–water partition coefficient (Wildman–Crippen LogP) is 4.31. The number of benzene rings is 2. The third-order valence-corrected chi connectivity index (χ3v) is 4.34. The number of aromatic hydroxyl groups is 1. The number of hydrogen-bond donors (Lipinski definition) is 3. The summed E-state index contributed by atoms with van der Waals surface area (Å²) in [5.74, 6) is -0.170. The van der Waals surface area contributed by atoms with E-state index in [9.17, 15) is 9.90 Å². The lowest BCUT2D eigenvalue weighted by atomic mass is 10.3. The molecule has 0 saturated heterocycles. The van der Waals surface area contributed by atoms with Crippen LogP contribution >= 0.6 is 35.0 Å². The van der Waals surface area contributed by atoms with E-state index in [4.69, 9.17) is 23.2 Å². The highest BCUT2D eigenvalue weighted by molar-refractivity contribution is 7.99. The van der Waals surface area contributed by atoms with Gasteiger partial charge in [-0.2, -0.15) is 0 Å². The number of nitrogens with one attached hydrogen (secondary N) is 2. The van der Waals surface area contributed by atoms with Gasteiger partial charge in [-0.3, -0.25) is 4.79 Å². The van der Waals surface area contributed by atoms with Crippen LogP contribution in [0.2, 0.25) is 10.0 Å². The summed E-state index contributed by atoms with van der Waals surface area (Å²) in [4.78, 5) is 19.4.